The van der Waals surface area contributed by atoms with Gasteiger partial charge in [-0.05, 0) is 11.6 Å². The third kappa shape index (κ3) is 3.17. The van der Waals surface area contributed by atoms with E-state index in [9.17, 15) is 9.18 Å². The van der Waals surface area contributed by atoms with Gasteiger partial charge in [0.15, 0.2) is 0 Å². The Balaban J connectivity index is 0.00000144. The van der Waals surface area contributed by atoms with Gasteiger partial charge in [0, 0.05) is 20.1 Å². The molecule has 2 rings (SSSR count). The van der Waals surface area contributed by atoms with Gasteiger partial charge in [0.1, 0.15) is 5.82 Å². The lowest BCUT2D eigenvalue weighted by Crippen LogP contribution is -2.57. The minimum absolute atomic E-state index is 0. The molecule has 0 aromatic heterocycles. The van der Waals surface area contributed by atoms with E-state index in [2.05, 4.69) is 5.32 Å². The molecule has 0 radical (unpaired) electrons. The van der Waals surface area contributed by atoms with Crippen molar-refractivity contribution in [2.45, 2.75) is 12.5 Å². The molecule has 0 atom stereocenters. The first-order valence-corrected chi connectivity index (χ1v) is 5.38. The Bertz CT molecular complexity index is 396. The predicted octanol–water partition coefficient (Wildman–Crippen LogP) is 1.22. The van der Waals surface area contributed by atoms with Crippen LogP contribution in [0.4, 0.5) is 4.39 Å². The number of halogens is 2. The fourth-order valence-corrected chi connectivity index (χ4v) is 1.68. The second kappa shape index (κ2) is 5.98. The van der Waals surface area contributed by atoms with Crippen molar-refractivity contribution in [1.29, 1.82) is 0 Å². The SMILES string of the molecule is CN(C(=O)Cc1ccccc1F)C1CNC1.Cl. The van der Waals surface area contributed by atoms with Crippen LogP contribution in [-0.4, -0.2) is 37.0 Å². The molecule has 5 heteroatoms. The van der Waals surface area contributed by atoms with E-state index in [4.69, 9.17) is 0 Å². The van der Waals surface area contributed by atoms with Crippen molar-refractivity contribution in [3.63, 3.8) is 0 Å². The Kier molecular flexibility index (Phi) is 4.90. The van der Waals surface area contributed by atoms with E-state index < -0.39 is 0 Å². The average Bonchev–Trinajstić information content (AvgIpc) is 2.18. The third-order valence-electron chi connectivity index (χ3n) is 3.00. The lowest BCUT2D eigenvalue weighted by Gasteiger charge is -2.35. The van der Waals surface area contributed by atoms with Crippen LogP contribution in [0, 0.1) is 5.82 Å². The van der Waals surface area contributed by atoms with Crippen LogP contribution in [0.5, 0.6) is 0 Å². The molecule has 1 aromatic carbocycles. The molecule has 1 aliphatic heterocycles. The first kappa shape index (κ1) is 13.9. The molecule has 1 saturated heterocycles. The zero-order valence-electron chi connectivity index (χ0n) is 9.65. The topological polar surface area (TPSA) is 32.3 Å². The molecule has 94 valence electrons. The smallest absolute Gasteiger partial charge is 0.227 e. The van der Waals surface area contributed by atoms with Gasteiger partial charge in [-0.2, -0.15) is 0 Å². The van der Waals surface area contributed by atoms with Crippen molar-refractivity contribution < 1.29 is 9.18 Å². The van der Waals surface area contributed by atoms with Crippen molar-refractivity contribution in [1.82, 2.24) is 10.2 Å². The highest BCUT2D eigenvalue weighted by Gasteiger charge is 2.25. The van der Waals surface area contributed by atoms with E-state index in [1.807, 2.05) is 0 Å². The van der Waals surface area contributed by atoms with E-state index in [0.717, 1.165) is 13.1 Å². The van der Waals surface area contributed by atoms with Crippen LogP contribution in [0.25, 0.3) is 0 Å². The molecule has 1 fully saturated rings. The summed E-state index contributed by atoms with van der Waals surface area (Å²) in [5, 5.41) is 3.10. The van der Waals surface area contributed by atoms with E-state index in [1.54, 1.807) is 30.1 Å². The molecule has 1 amide bonds. The van der Waals surface area contributed by atoms with E-state index in [1.165, 1.54) is 6.07 Å². The maximum atomic E-state index is 13.3. The summed E-state index contributed by atoms with van der Waals surface area (Å²) in [6.45, 7) is 1.67. The number of nitrogens with zero attached hydrogens (tertiary/aromatic N) is 1. The number of carbonyl (C=O) groups is 1. The lowest BCUT2D eigenvalue weighted by atomic mass is 10.1. The van der Waals surface area contributed by atoms with Crippen molar-refractivity contribution >= 4 is 18.3 Å². The summed E-state index contributed by atoms with van der Waals surface area (Å²) < 4.78 is 13.3. The van der Waals surface area contributed by atoms with Crippen LogP contribution in [0.15, 0.2) is 24.3 Å². The summed E-state index contributed by atoms with van der Waals surface area (Å²) >= 11 is 0. The molecule has 1 heterocycles. The predicted molar refractivity (Wildman–Crippen MR) is 66.8 cm³/mol. The maximum Gasteiger partial charge on any atom is 0.227 e. The van der Waals surface area contributed by atoms with Crippen LogP contribution in [0.1, 0.15) is 5.56 Å². The molecule has 1 aliphatic rings. The van der Waals surface area contributed by atoms with Crippen molar-refractivity contribution in [3.05, 3.63) is 35.6 Å². The molecule has 0 bridgehead atoms. The molecule has 1 aromatic rings. The highest BCUT2D eigenvalue weighted by molar-refractivity contribution is 5.85. The summed E-state index contributed by atoms with van der Waals surface area (Å²) in [6.07, 6.45) is 0.139. The molecular weight excluding hydrogens is 243 g/mol. The largest absolute Gasteiger partial charge is 0.340 e. The highest BCUT2D eigenvalue weighted by atomic mass is 35.5. The standard InChI is InChI=1S/C12H15FN2O.ClH/c1-15(10-7-14-8-10)12(16)6-9-4-2-3-5-11(9)13;/h2-5,10,14H,6-8H2,1H3;1H. The van der Waals surface area contributed by atoms with Crippen molar-refractivity contribution in [2.24, 2.45) is 0 Å². The first-order chi connectivity index (χ1) is 7.68. The number of amides is 1. The van der Waals surface area contributed by atoms with Gasteiger partial charge in [-0.3, -0.25) is 4.79 Å². The van der Waals surface area contributed by atoms with Gasteiger partial charge in [-0.15, -0.1) is 12.4 Å². The van der Waals surface area contributed by atoms with Gasteiger partial charge in [0.2, 0.25) is 5.91 Å². The number of nitrogens with one attached hydrogen (secondary N) is 1. The number of likely N-dealkylation sites (N-methyl/N-ethyl adjacent to an activating group) is 1. The Hall–Kier alpha value is -1.13. The van der Waals surface area contributed by atoms with Crippen LogP contribution in [-0.2, 0) is 11.2 Å². The molecule has 0 saturated carbocycles. The van der Waals surface area contributed by atoms with Crippen LogP contribution >= 0.6 is 12.4 Å². The van der Waals surface area contributed by atoms with Gasteiger partial charge in [-0.25, -0.2) is 4.39 Å². The van der Waals surface area contributed by atoms with Crippen molar-refractivity contribution in [3.8, 4) is 0 Å². The number of hydrogen-bond donors (Lipinski definition) is 1. The molecule has 0 unspecified atom stereocenters. The second-order valence-corrected chi connectivity index (χ2v) is 4.08. The van der Waals surface area contributed by atoms with E-state index >= 15 is 0 Å². The van der Waals surface area contributed by atoms with Crippen LogP contribution in [0.2, 0.25) is 0 Å². The van der Waals surface area contributed by atoms with Crippen LogP contribution < -0.4 is 5.32 Å². The van der Waals surface area contributed by atoms with E-state index in [-0.39, 0.29) is 36.6 Å². The zero-order chi connectivity index (χ0) is 11.5. The highest BCUT2D eigenvalue weighted by Crippen LogP contribution is 2.10. The summed E-state index contributed by atoms with van der Waals surface area (Å²) in [7, 11) is 1.77. The summed E-state index contributed by atoms with van der Waals surface area (Å²) in [5.74, 6) is -0.340. The lowest BCUT2D eigenvalue weighted by molar-refractivity contribution is -0.132. The Morgan fingerprint density at radius 3 is 2.65 bits per heavy atom. The van der Waals surface area contributed by atoms with Gasteiger partial charge < -0.3 is 10.2 Å². The van der Waals surface area contributed by atoms with Gasteiger partial charge in [-0.1, -0.05) is 18.2 Å². The number of rotatable bonds is 3. The quantitative estimate of drug-likeness (QED) is 0.884. The Morgan fingerprint density at radius 1 is 1.47 bits per heavy atom. The Labute approximate surface area is 106 Å². The summed E-state index contributed by atoms with van der Waals surface area (Å²) in [5.41, 5.74) is 0.464. The minimum atomic E-state index is -0.309. The normalized spacial score (nSPS) is 14.7. The molecule has 3 nitrogen and oxygen atoms in total. The fourth-order valence-electron chi connectivity index (χ4n) is 1.68. The summed E-state index contributed by atoms with van der Waals surface area (Å²) in [4.78, 5) is 13.5. The average molecular weight is 259 g/mol. The Morgan fingerprint density at radius 2 is 2.12 bits per heavy atom. The molecule has 17 heavy (non-hydrogen) atoms. The number of carbonyl (C=O) groups excluding carboxylic acids is 1. The fraction of sp³-hybridized carbons (Fsp3) is 0.417. The van der Waals surface area contributed by atoms with Gasteiger partial charge >= 0.3 is 0 Å². The zero-order valence-corrected chi connectivity index (χ0v) is 10.5. The number of hydrogen-bond acceptors (Lipinski definition) is 2. The molecule has 1 N–H and O–H groups in total. The molecule has 0 spiro atoms. The number of benzene rings is 1. The molecular formula is C12H16ClFN2O. The molecule has 0 aliphatic carbocycles. The van der Waals surface area contributed by atoms with Crippen LogP contribution in [0.3, 0.4) is 0 Å². The third-order valence-corrected chi connectivity index (χ3v) is 3.00. The van der Waals surface area contributed by atoms with E-state index in [0.29, 0.717) is 5.56 Å². The second-order valence-electron chi connectivity index (χ2n) is 4.08. The minimum Gasteiger partial charge on any atom is -0.340 e. The maximum absolute atomic E-state index is 13.3. The monoisotopic (exact) mass is 258 g/mol. The van der Waals surface area contributed by atoms with Gasteiger partial charge in [0.05, 0.1) is 12.5 Å². The van der Waals surface area contributed by atoms with Crippen molar-refractivity contribution in [2.75, 3.05) is 20.1 Å². The van der Waals surface area contributed by atoms with Gasteiger partial charge in [0.25, 0.3) is 0 Å². The first-order valence-electron chi connectivity index (χ1n) is 5.38. The summed E-state index contributed by atoms with van der Waals surface area (Å²) in [6, 6.07) is 6.67.